The molecule has 0 radical (unpaired) electrons. The molecule has 17 heavy (non-hydrogen) atoms. The number of nitrogens with zero attached hydrogens (tertiary/aromatic N) is 4. The summed E-state index contributed by atoms with van der Waals surface area (Å²) in [6, 6.07) is 3.82. The van der Waals surface area contributed by atoms with Gasteiger partial charge in [0, 0.05) is 18.9 Å². The van der Waals surface area contributed by atoms with E-state index in [4.69, 9.17) is 5.26 Å². The van der Waals surface area contributed by atoms with Crippen molar-refractivity contribution < 1.29 is 0 Å². The zero-order chi connectivity index (χ0) is 12.1. The maximum atomic E-state index is 8.90. The van der Waals surface area contributed by atoms with Gasteiger partial charge in [0.25, 0.3) is 0 Å². The largest absolute Gasteiger partial charge is 0.381 e. The third-order valence-electron chi connectivity index (χ3n) is 2.36. The predicted octanol–water partition coefficient (Wildman–Crippen LogP) is 1.57. The first-order valence-corrected chi connectivity index (χ1v) is 5.36. The van der Waals surface area contributed by atoms with Crippen LogP contribution in [-0.2, 0) is 6.54 Å². The summed E-state index contributed by atoms with van der Waals surface area (Å²) in [6.07, 6.45) is 7.08. The Morgan fingerprint density at radius 3 is 3.06 bits per heavy atom. The van der Waals surface area contributed by atoms with Crippen molar-refractivity contribution in [3.05, 3.63) is 42.0 Å². The van der Waals surface area contributed by atoms with Crippen LogP contribution in [0.2, 0.25) is 0 Å². The predicted molar refractivity (Wildman–Crippen MR) is 64.4 cm³/mol. The van der Waals surface area contributed by atoms with Gasteiger partial charge in [-0.3, -0.25) is 9.67 Å². The molecule has 0 unspecified atom stereocenters. The van der Waals surface area contributed by atoms with E-state index in [0.717, 1.165) is 17.8 Å². The average Bonchev–Trinajstić information content (AvgIpc) is 2.76. The van der Waals surface area contributed by atoms with Crippen LogP contribution in [0.5, 0.6) is 0 Å². The molecular weight excluding hydrogens is 214 g/mol. The van der Waals surface area contributed by atoms with E-state index in [2.05, 4.69) is 21.5 Å². The van der Waals surface area contributed by atoms with Crippen LogP contribution in [0.4, 0.5) is 5.69 Å². The quantitative estimate of drug-likeness (QED) is 0.861. The second kappa shape index (κ2) is 5.12. The van der Waals surface area contributed by atoms with Crippen LogP contribution in [0.3, 0.4) is 0 Å². The van der Waals surface area contributed by atoms with E-state index < -0.39 is 0 Å². The Morgan fingerprint density at radius 2 is 2.35 bits per heavy atom. The second-order valence-corrected chi connectivity index (χ2v) is 3.74. The molecule has 5 nitrogen and oxygen atoms in total. The van der Waals surface area contributed by atoms with Crippen molar-refractivity contribution in [2.45, 2.75) is 13.5 Å². The summed E-state index contributed by atoms with van der Waals surface area (Å²) in [5.41, 5.74) is 2.51. The SMILES string of the molecule is Cc1cnn(CCNc2cnccc2C#N)c1. The first-order valence-electron chi connectivity index (χ1n) is 5.36. The number of nitrogens with one attached hydrogen (secondary N) is 1. The zero-order valence-corrected chi connectivity index (χ0v) is 9.59. The number of nitriles is 1. The molecule has 2 rings (SSSR count). The molecule has 0 saturated carbocycles. The van der Waals surface area contributed by atoms with E-state index in [9.17, 15) is 0 Å². The van der Waals surface area contributed by atoms with Crippen LogP contribution in [-0.4, -0.2) is 21.3 Å². The Balaban J connectivity index is 1.92. The highest BCUT2D eigenvalue weighted by Crippen LogP contribution is 2.11. The normalized spacial score (nSPS) is 9.88. The Hall–Kier alpha value is -2.35. The fraction of sp³-hybridized carbons (Fsp3) is 0.250. The molecule has 0 saturated heterocycles. The van der Waals surface area contributed by atoms with E-state index >= 15 is 0 Å². The van der Waals surface area contributed by atoms with E-state index in [-0.39, 0.29) is 0 Å². The first kappa shape index (κ1) is 11.1. The van der Waals surface area contributed by atoms with Crippen molar-refractivity contribution in [3.63, 3.8) is 0 Å². The van der Waals surface area contributed by atoms with Gasteiger partial charge >= 0.3 is 0 Å². The molecule has 0 aliphatic rings. The molecule has 0 aliphatic heterocycles. The Kier molecular flexibility index (Phi) is 3.36. The van der Waals surface area contributed by atoms with Crippen LogP contribution in [0, 0.1) is 18.3 Å². The molecule has 2 heterocycles. The number of hydrogen-bond acceptors (Lipinski definition) is 4. The van der Waals surface area contributed by atoms with Gasteiger partial charge in [-0.1, -0.05) is 0 Å². The molecular formula is C12H13N5. The summed E-state index contributed by atoms with van der Waals surface area (Å²) < 4.78 is 1.87. The Labute approximate surface area is 99.7 Å². The monoisotopic (exact) mass is 227 g/mol. The number of hydrogen-bond donors (Lipinski definition) is 1. The lowest BCUT2D eigenvalue weighted by Crippen LogP contribution is -2.11. The summed E-state index contributed by atoms with van der Waals surface area (Å²) >= 11 is 0. The molecule has 0 atom stereocenters. The van der Waals surface area contributed by atoms with Crippen LogP contribution in [0.1, 0.15) is 11.1 Å². The summed E-state index contributed by atoms with van der Waals surface area (Å²) in [5, 5.41) is 16.3. The van der Waals surface area contributed by atoms with Crippen molar-refractivity contribution in [2.24, 2.45) is 0 Å². The van der Waals surface area contributed by atoms with Gasteiger partial charge < -0.3 is 5.32 Å². The number of rotatable bonds is 4. The van der Waals surface area contributed by atoms with Gasteiger partial charge in [0.15, 0.2) is 0 Å². The molecule has 0 bridgehead atoms. The number of pyridine rings is 1. The van der Waals surface area contributed by atoms with Crippen molar-refractivity contribution >= 4 is 5.69 Å². The van der Waals surface area contributed by atoms with Gasteiger partial charge in [-0.05, 0) is 18.6 Å². The van der Waals surface area contributed by atoms with E-state index in [1.54, 1.807) is 18.5 Å². The first-order chi connectivity index (χ1) is 8.29. The molecule has 5 heteroatoms. The molecule has 86 valence electrons. The lowest BCUT2D eigenvalue weighted by molar-refractivity contribution is 0.637. The van der Waals surface area contributed by atoms with Gasteiger partial charge in [-0.2, -0.15) is 10.4 Å². The van der Waals surface area contributed by atoms with Crippen molar-refractivity contribution in [3.8, 4) is 6.07 Å². The van der Waals surface area contributed by atoms with Crippen LogP contribution >= 0.6 is 0 Å². The summed E-state index contributed by atoms with van der Waals surface area (Å²) in [7, 11) is 0. The van der Waals surface area contributed by atoms with E-state index in [0.29, 0.717) is 12.1 Å². The van der Waals surface area contributed by atoms with Crippen molar-refractivity contribution in [1.29, 1.82) is 5.26 Å². The van der Waals surface area contributed by atoms with Gasteiger partial charge in [-0.15, -0.1) is 0 Å². The lowest BCUT2D eigenvalue weighted by Gasteiger charge is -2.07. The Morgan fingerprint density at radius 1 is 1.47 bits per heavy atom. The molecule has 1 N–H and O–H groups in total. The summed E-state index contributed by atoms with van der Waals surface area (Å²) in [4.78, 5) is 3.99. The molecule has 0 fully saturated rings. The van der Waals surface area contributed by atoms with E-state index in [1.165, 1.54) is 0 Å². The van der Waals surface area contributed by atoms with Crippen molar-refractivity contribution in [2.75, 3.05) is 11.9 Å². The minimum Gasteiger partial charge on any atom is -0.381 e. The maximum Gasteiger partial charge on any atom is 0.101 e. The lowest BCUT2D eigenvalue weighted by atomic mass is 10.2. The molecule has 0 spiro atoms. The smallest absolute Gasteiger partial charge is 0.101 e. The fourth-order valence-electron chi connectivity index (χ4n) is 1.53. The van der Waals surface area contributed by atoms with Crippen LogP contribution < -0.4 is 5.32 Å². The molecule has 0 aromatic carbocycles. The molecule has 0 amide bonds. The molecule has 2 aromatic rings. The number of anilines is 1. The maximum absolute atomic E-state index is 8.90. The highest BCUT2D eigenvalue weighted by atomic mass is 15.3. The second-order valence-electron chi connectivity index (χ2n) is 3.74. The topological polar surface area (TPSA) is 66.5 Å². The van der Waals surface area contributed by atoms with E-state index in [1.807, 2.05) is 24.0 Å². The van der Waals surface area contributed by atoms with Crippen LogP contribution in [0.25, 0.3) is 0 Å². The van der Waals surface area contributed by atoms with Gasteiger partial charge in [0.05, 0.1) is 30.2 Å². The third-order valence-corrected chi connectivity index (χ3v) is 2.36. The van der Waals surface area contributed by atoms with Gasteiger partial charge in [0.1, 0.15) is 6.07 Å². The third kappa shape index (κ3) is 2.82. The minimum absolute atomic E-state index is 0.608. The highest BCUT2D eigenvalue weighted by molar-refractivity contribution is 5.55. The molecule has 2 aromatic heterocycles. The minimum atomic E-state index is 0.608. The molecule has 0 aliphatic carbocycles. The van der Waals surface area contributed by atoms with Crippen molar-refractivity contribution in [1.82, 2.24) is 14.8 Å². The number of aromatic nitrogens is 3. The fourth-order valence-corrected chi connectivity index (χ4v) is 1.53. The zero-order valence-electron chi connectivity index (χ0n) is 9.59. The summed E-state index contributed by atoms with van der Waals surface area (Å²) in [6.45, 7) is 3.47. The average molecular weight is 227 g/mol. The van der Waals surface area contributed by atoms with Crippen LogP contribution in [0.15, 0.2) is 30.9 Å². The highest BCUT2D eigenvalue weighted by Gasteiger charge is 2.00. The summed E-state index contributed by atoms with van der Waals surface area (Å²) in [5.74, 6) is 0. The van der Waals surface area contributed by atoms with Gasteiger partial charge in [0.2, 0.25) is 0 Å². The Bertz CT molecular complexity index is 538. The van der Waals surface area contributed by atoms with Gasteiger partial charge in [-0.25, -0.2) is 0 Å². The standard InChI is InChI=1S/C12H13N5/c1-10-7-16-17(9-10)5-4-15-12-8-14-3-2-11(12)6-13/h2-3,7-9,15H,4-5H2,1H3. The number of aryl methyl sites for hydroxylation is 1.